The van der Waals surface area contributed by atoms with Gasteiger partial charge in [0.25, 0.3) is 0 Å². The summed E-state index contributed by atoms with van der Waals surface area (Å²) in [5, 5.41) is 3.41. The summed E-state index contributed by atoms with van der Waals surface area (Å²) in [6.45, 7) is 4.42. The SMILES string of the molecule is CCNC1COCC1c1nc2cc(Br)ccc2o1. The lowest BCUT2D eigenvalue weighted by Crippen LogP contribution is -2.34. The molecule has 1 aromatic carbocycles. The van der Waals surface area contributed by atoms with Crippen molar-refractivity contribution in [3.8, 4) is 0 Å². The second-order valence-corrected chi connectivity index (χ2v) is 5.39. The van der Waals surface area contributed by atoms with Gasteiger partial charge in [0.05, 0.1) is 19.1 Å². The highest BCUT2D eigenvalue weighted by atomic mass is 79.9. The summed E-state index contributed by atoms with van der Waals surface area (Å²) >= 11 is 3.44. The van der Waals surface area contributed by atoms with Crippen molar-refractivity contribution in [2.75, 3.05) is 19.8 Å². The fourth-order valence-electron chi connectivity index (χ4n) is 2.34. The third-order valence-electron chi connectivity index (χ3n) is 3.23. The standard InChI is InChI=1S/C13H15BrN2O2/c1-2-15-11-7-17-6-9(11)13-16-10-5-8(14)3-4-12(10)18-13/h3-5,9,11,15H,2,6-7H2,1H3. The highest BCUT2D eigenvalue weighted by Gasteiger charge is 2.32. The van der Waals surface area contributed by atoms with Crippen molar-refractivity contribution < 1.29 is 9.15 Å². The third-order valence-corrected chi connectivity index (χ3v) is 3.72. The largest absolute Gasteiger partial charge is 0.440 e. The second-order valence-electron chi connectivity index (χ2n) is 4.47. The van der Waals surface area contributed by atoms with Crippen LogP contribution in [-0.4, -0.2) is 30.8 Å². The summed E-state index contributed by atoms with van der Waals surface area (Å²) in [4.78, 5) is 4.57. The van der Waals surface area contributed by atoms with E-state index in [9.17, 15) is 0 Å². The summed E-state index contributed by atoms with van der Waals surface area (Å²) < 4.78 is 12.4. The number of hydrogen-bond acceptors (Lipinski definition) is 4. The van der Waals surface area contributed by atoms with Crippen LogP contribution in [-0.2, 0) is 4.74 Å². The summed E-state index contributed by atoms with van der Waals surface area (Å²) in [7, 11) is 0. The molecule has 1 saturated heterocycles. The predicted molar refractivity (Wildman–Crippen MR) is 72.7 cm³/mol. The number of fused-ring (bicyclic) bond motifs is 1. The molecule has 2 atom stereocenters. The Morgan fingerprint density at radius 3 is 3.17 bits per heavy atom. The topological polar surface area (TPSA) is 47.3 Å². The van der Waals surface area contributed by atoms with Gasteiger partial charge in [-0.1, -0.05) is 22.9 Å². The molecule has 2 aromatic rings. The lowest BCUT2D eigenvalue weighted by atomic mass is 10.0. The molecule has 1 aliphatic heterocycles. The van der Waals surface area contributed by atoms with Crippen LogP contribution < -0.4 is 5.32 Å². The molecule has 0 amide bonds. The number of oxazole rings is 1. The van der Waals surface area contributed by atoms with Crippen molar-refractivity contribution in [3.63, 3.8) is 0 Å². The average Bonchev–Trinajstić information content (AvgIpc) is 2.94. The van der Waals surface area contributed by atoms with Gasteiger partial charge in [-0.05, 0) is 24.7 Å². The van der Waals surface area contributed by atoms with Crippen molar-refractivity contribution in [1.82, 2.24) is 10.3 Å². The maximum absolute atomic E-state index is 5.83. The first-order chi connectivity index (χ1) is 8.78. The fraction of sp³-hybridized carbons (Fsp3) is 0.462. The van der Waals surface area contributed by atoms with Crippen molar-refractivity contribution >= 4 is 27.0 Å². The molecule has 2 unspecified atom stereocenters. The number of halogens is 1. The van der Waals surface area contributed by atoms with E-state index < -0.39 is 0 Å². The molecule has 1 aliphatic rings. The number of nitrogens with one attached hydrogen (secondary N) is 1. The van der Waals surface area contributed by atoms with Crippen LogP contribution in [0.2, 0.25) is 0 Å². The van der Waals surface area contributed by atoms with Gasteiger partial charge in [-0.25, -0.2) is 4.98 Å². The van der Waals surface area contributed by atoms with Crippen molar-refractivity contribution in [1.29, 1.82) is 0 Å². The van der Waals surface area contributed by atoms with Crippen LogP contribution in [0.5, 0.6) is 0 Å². The van der Waals surface area contributed by atoms with Gasteiger partial charge in [-0.15, -0.1) is 0 Å². The van der Waals surface area contributed by atoms with Crippen molar-refractivity contribution in [2.24, 2.45) is 0 Å². The van der Waals surface area contributed by atoms with Gasteiger partial charge in [-0.3, -0.25) is 0 Å². The lowest BCUT2D eigenvalue weighted by Gasteiger charge is -2.14. The molecule has 5 heteroatoms. The van der Waals surface area contributed by atoms with Crippen molar-refractivity contribution in [3.05, 3.63) is 28.6 Å². The molecule has 0 bridgehead atoms. The van der Waals surface area contributed by atoms with Crippen LogP contribution in [0.4, 0.5) is 0 Å². The Morgan fingerprint density at radius 1 is 1.44 bits per heavy atom. The van der Waals surface area contributed by atoms with E-state index in [2.05, 4.69) is 33.2 Å². The normalized spacial score (nSPS) is 23.9. The Kier molecular flexibility index (Phi) is 3.37. The Balaban J connectivity index is 1.93. The molecule has 0 spiro atoms. The molecule has 2 heterocycles. The summed E-state index contributed by atoms with van der Waals surface area (Å²) in [6, 6.07) is 6.17. The zero-order valence-electron chi connectivity index (χ0n) is 10.1. The number of nitrogens with zero attached hydrogens (tertiary/aromatic N) is 1. The molecule has 1 aromatic heterocycles. The smallest absolute Gasteiger partial charge is 0.202 e. The molecule has 3 rings (SSSR count). The Bertz CT molecular complexity index is 555. The van der Waals surface area contributed by atoms with Gasteiger partial charge in [0.1, 0.15) is 5.52 Å². The molecule has 1 N–H and O–H groups in total. The minimum Gasteiger partial charge on any atom is -0.440 e. The maximum atomic E-state index is 5.83. The molecular formula is C13H15BrN2O2. The number of rotatable bonds is 3. The highest BCUT2D eigenvalue weighted by Crippen LogP contribution is 2.29. The third kappa shape index (κ3) is 2.18. The van der Waals surface area contributed by atoms with Crippen LogP contribution >= 0.6 is 15.9 Å². The quantitative estimate of drug-likeness (QED) is 0.947. The molecule has 96 valence electrons. The van der Waals surface area contributed by atoms with Crippen LogP contribution in [0.25, 0.3) is 11.1 Å². The molecular weight excluding hydrogens is 296 g/mol. The highest BCUT2D eigenvalue weighted by molar-refractivity contribution is 9.10. The predicted octanol–water partition coefficient (Wildman–Crippen LogP) is 2.68. The summed E-state index contributed by atoms with van der Waals surface area (Å²) in [5.41, 5.74) is 1.72. The van der Waals surface area contributed by atoms with Crippen molar-refractivity contribution in [2.45, 2.75) is 18.9 Å². The molecule has 4 nitrogen and oxygen atoms in total. The van der Waals surface area contributed by atoms with Gasteiger partial charge in [-0.2, -0.15) is 0 Å². The first kappa shape index (κ1) is 12.1. The van der Waals surface area contributed by atoms with E-state index >= 15 is 0 Å². The Morgan fingerprint density at radius 2 is 2.33 bits per heavy atom. The van der Waals surface area contributed by atoms with Crippen LogP contribution in [0.3, 0.4) is 0 Å². The maximum Gasteiger partial charge on any atom is 0.202 e. The molecule has 0 saturated carbocycles. The molecule has 18 heavy (non-hydrogen) atoms. The number of benzene rings is 1. The average molecular weight is 311 g/mol. The number of likely N-dealkylation sites (N-methyl/N-ethyl adjacent to an activating group) is 1. The van der Waals surface area contributed by atoms with E-state index in [4.69, 9.17) is 9.15 Å². The second kappa shape index (κ2) is 4.99. The van der Waals surface area contributed by atoms with Gasteiger partial charge >= 0.3 is 0 Å². The van der Waals surface area contributed by atoms with Gasteiger partial charge in [0, 0.05) is 10.5 Å². The Labute approximate surface area is 114 Å². The van der Waals surface area contributed by atoms with E-state index in [-0.39, 0.29) is 5.92 Å². The Hall–Kier alpha value is -0.910. The first-order valence-corrected chi connectivity index (χ1v) is 6.94. The van der Waals surface area contributed by atoms with Gasteiger partial charge in [0.15, 0.2) is 5.58 Å². The van der Waals surface area contributed by atoms with E-state index in [0.717, 1.165) is 34.6 Å². The van der Waals surface area contributed by atoms with Crippen LogP contribution in [0, 0.1) is 0 Å². The van der Waals surface area contributed by atoms with E-state index in [1.165, 1.54) is 0 Å². The van der Waals surface area contributed by atoms with Gasteiger partial charge < -0.3 is 14.5 Å². The van der Waals surface area contributed by atoms with Crippen LogP contribution in [0.1, 0.15) is 18.7 Å². The fourth-order valence-corrected chi connectivity index (χ4v) is 2.69. The van der Waals surface area contributed by atoms with Gasteiger partial charge in [0.2, 0.25) is 5.89 Å². The molecule has 0 aliphatic carbocycles. The lowest BCUT2D eigenvalue weighted by molar-refractivity contribution is 0.186. The van der Waals surface area contributed by atoms with E-state index in [1.807, 2.05) is 18.2 Å². The minimum absolute atomic E-state index is 0.205. The van der Waals surface area contributed by atoms with E-state index in [1.54, 1.807) is 0 Å². The summed E-state index contributed by atoms with van der Waals surface area (Å²) in [5.74, 6) is 0.975. The van der Waals surface area contributed by atoms with Crippen LogP contribution in [0.15, 0.2) is 27.1 Å². The van der Waals surface area contributed by atoms with E-state index in [0.29, 0.717) is 12.6 Å². The zero-order chi connectivity index (χ0) is 12.5. The first-order valence-electron chi connectivity index (χ1n) is 6.15. The summed E-state index contributed by atoms with van der Waals surface area (Å²) in [6.07, 6.45) is 0. The molecule has 1 fully saturated rings. The zero-order valence-corrected chi connectivity index (χ0v) is 11.7. The monoisotopic (exact) mass is 310 g/mol. The minimum atomic E-state index is 0.205. The molecule has 0 radical (unpaired) electrons. The number of aromatic nitrogens is 1. The number of ether oxygens (including phenoxy) is 1. The number of hydrogen-bond donors (Lipinski definition) is 1.